The number of hydrogen-bond acceptors (Lipinski definition) is 4. The van der Waals surface area contributed by atoms with E-state index in [-0.39, 0.29) is 0 Å². The van der Waals surface area contributed by atoms with Gasteiger partial charge in [-0.1, -0.05) is 146 Å². The zero-order valence-electron chi connectivity index (χ0n) is 38.7. The van der Waals surface area contributed by atoms with Crippen molar-refractivity contribution in [1.29, 1.82) is 0 Å². The van der Waals surface area contributed by atoms with Crippen molar-refractivity contribution in [3.8, 4) is 33.4 Å². The van der Waals surface area contributed by atoms with Crippen molar-refractivity contribution < 1.29 is 8.83 Å². The Morgan fingerprint density at radius 3 is 1.57 bits per heavy atom. The molecule has 4 heterocycles. The summed E-state index contributed by atoms with van der Waals surface area (Å²) in [6.45, 7) is 8.86. The van der Waals surface area contributed by atoms with Crippen molar-refractivity contribution in [2.75, 3.05) is 9.80 Å². The molecular formula is C65H44N2O2. The van der Waals surface area contributed by atoms with Crippen LogP contribution in [0.5, 0.6) is 0 Å². The van der Waals surface area contributed by atoms with Gasteiger partial charge in [-0.25, -0.2) is 0 Å². The van der Waals surface area contributed by atoms with Crippen LogP contribution >= 0.6 is 0 Å². The van der Waals surface area contributed by atoms with Crippen LogP contribution in [0.2, 0.25) is 0 Å². The van der Waals surface area contributed by atoms with Crippen LogP contribution < -0.4 is 9.80 Å². The van der Waals surface area contributed by atoms with Gasteiger partial charge in [-0.2, -0.15) is 0 Å². The van der Waals surface area contributed by atoms with E-state index < -0.39 is 5.41 Å². The van der Waals surface area contributed by atoms with Crippen molar-refractivity contribution >= 4 is 78.0 Å². The second-order valence-corrected chi connectivity index (χ2v) is 19.4. The lowest BCUT2D eigenvalue weighted by Crippen LogP contribution is -2.30. The average Bonchev–Trinajstić information content (AvgIpc) is 4.06. The number of rotatable bonds is 2. The highest BCUT2D eigenvalue weighted by molar-refractivity contribution is 6.27. The van der Waals surface area contributed by atoms with Crippen molar-refractivity contribution in [3.63, 3.8) is 0 Å². The fourth-order valence-corrected chi connectivity index (χ4v) is 12.7. The SMILES string of the molecule is Cc1ccc(C)c(N2c3ccccc3-c3ccccc3C34c5ccccc5-c5ccc(C)cc5N(c5ccccc5C)c5cc3c(c3oc6ccccc6c53)-c3c4cc2c2oc4ccccc4c32)c1. The summed E-state index contributed by atoms with van der Waals surface area (Å²) in [5, 5.41) is 4.32. The number of para-hydroxylation sites is 4. The third-order valence-corrected chi connectivity index (χ3v) is 15.5. The van der Waals surface area contributed by atoms with E-state index in [1.54, 1.807) is 0 Å². The van der Waals surface area contributed by atoms with Crippen LogP contribution in [0.15, 0.2) is 203 Å². The third-order valence-electron chi connectivity index (χ3n) is 15.5. The predicted octanol–water partition coefficient (Wildman–Crippen LogP) is 18.0. The fraction of sp³-hybridized carbons (Fsp3) is 0.0769. The summed E-state index contributed by atoms with van der Waals surface area (Å²) in [5.41, 5.74) is 25.5. The summed E-state index contributed by atoms with van der Waals surface area (Å²) < 4.78 is 14.8. The second kappa shape index (κ2) is 13.7. The van der Waals surface area contributed by atoms with Crippen LogP contribution in [0.4, 0.5) is 34.1 Å². The smallest absolute Gasteiger partial charge is 0.160 e. The van der Waals surface area contributed by atoms with Gasteiger partial charge in [0.1, 0.15) is 16.7 Å². The van der Waals surface area contributed by atoms with Gasteiger partial charge in [-0.05, 0) is 132 Å². The predicted molar refractivity (Wildman–Crippen MR) is 285 cm³/mol. The zero-order valence-corrected chi connectivity index (χ0v) is 38.7. The molecule has 0 amide bonds. The summed E-state index contributed by atoms with van der Waals surface area (Å²) in [5.74, 6) is 0. The monoisotopic (exact) mass is 884 g/mol. The van der Waals surface area contributed by atoms with E-state index in [0.29, 0.717) is 0 Å². The molecule has 2 aliphatic heterocycles. The third kappa shape index (κ3) is 4.92. The van der Waals surface area contributed by atoms with Gasteiger partial charge >= 0.3 is 0 Å². The Kier molecular flexibility index (Phi) is 7.67. The van der Waals surface area contributed by atoms with E-state index in [2.05, 4.69) is 232 Å². The lowest BCUT2D eigenvalue weighted by Gasteiger charge is -2.36. The maximum absolute atomic E-state index is 7.49. The topological polar surface area (TPSA) is 32.8 Å². The molecule has 0 fully saturated rings. The number of furan rings is 2. The standard InChI is InChI=1S/C65H44N2O2/c1-37-29-31-40(4)53(33-37)67-52-26-14-8-20-43(52)41-18-6-11-23-47(41)65-48-24-12-7-19-42(48)44-32-30-38(2)34-54(44)66(51-25-13-5-17-39(51)3)55-35-50(65)62(64-59(55)45-21-9-15-27-57(45)69-64)61-49(65)36-56(67)63-60(61)46-22-10-16-28-58(46)68-63/h5-36H,1-4H3. The number of anilines is 6. The minimum atomic E-state index is -0.879. The molecule has 1 atom stereocenters. The molecule has 0 radical (unpaired) electrons. The second-order valence-electron chi connectivity index (χ2n) is 19.4. The van der Waals surface area contributed by atoms with E-state index in [4.69, 9.17) is 8.83 Å². The highest BCUT2D eigenvalue weighted by atomic mass is 16.3. The Bertz CT molecular complexity index is 4220. The van der Waals surface area contributed by atoms with Gasteiger partial charge in [-0.3, -0.25) is 0 Å². The molecule has 1 aliphatic carbocycles. The van der Waals surface area contributed by atoms with Crippen molar-refractivity contribution in [2.24, 2.45) is 0 Å². The Labute approximate surface area is 399 Å². The molecular weight excluding hydrogens is 841 g/mol. The molecule has 7 bridgehead atoms. The fourth-order valence-electron chi connectivity index (χ4n) is 12.7. The highest BCUT2D eigenvalue weighted by Gasteiger charge is 2.53. The molecule has 4 heteroatoms. The number of nitrogens with zero attached hydrogens (tertiary/aromatic N) is 2. The summed E-state index contributed by atoms with van der Waals surface area (Å²) >= 11 is 0. The summed E-state index contributed by atoms with van der Waals surface area (Å²) in [6.07, 6.45) is 0. The van der Waals surface area contributed by atoms with E-state index in [0.717, 1.165) is 100 Å². The minimum Gasteiger partial charge on any atom is -0.455 e. The van der Waals surface area contributed by atoms with Gasteiger partial charge in [0.05, 0.1) is 33.6 Å². The summed E-state index contributed by atoms with van der Waals surface area (Å²) in [7, 11) is 0. The number of fused-ring (bicyclic) bond motifs is 8. The molecule has 12 aromatic rings. The first-order valence-electron chi connectivity index (χ1n) is 24.0. The molecule has 0 N–H and O–H groups in total. The van der Waals surface area contributed by atoms with Gasteiger partial charge in [0.25, 0.3) is 0 Å². The normalized spacial score (nSPS) is 15.2. The maximum Gasteiger partial charge on any atom is 0.160 e. The maximum atomic E-state index is 7.49. The molecule has 69 heavy (non-hydrogen) atoms. The average molecular weight is 885 g/mol. The largest absolute Gasteiger partial charge is 0.455 e. The van der Waals surface area contributed by atoms with E-state index in [9.17, 15) is 0 Å². The molecule has 2 aromatic heterocycles. The Balaban J connectivity index is 1.27. The van der Waals surface area contributed by atoms with Crippen molar-refractivity contribution in [2.45, 2.75) is 33.1 Å². The minimum absolute atomic E-state index is 0.842. The molecule has 15 rings (SSSR count). The van der Waals surface area contributed by atoms with Crippen LogP contribution in [-0.4, -0.2) is 0 Å². The van der Waals surface area contributed by atoms with E-state index in [1.807, 2.05) is 0 Å². The molecule has 10 aromatic carbocycles. The van der Waals surface area contributed by atoms with E-state index >= 15 is 0 Å². The lowest BCUT2D eigenvalue weighted by molar-refractivity contribution is 0.668. The highest BCUT2D eigenvalue weighted by Crippen LogP contribution is 2.68. The van der Waals surface area contributed by atoms with Crippen molar-refractivity contribution in [1.82, 2.24) is 0 Å². The molecule has 4 nitrogen and oxygen atoms in total. The van der Waals surface area contributed by atoms with Crippen LogP contribution in [0, 0.1) is 27.7 Å². The van der Waals surface area contributed by atoms with E-state index in [1.165, 1.54) is 55.6 Å². The van der Waals surface area contributed by atoms with Crippen LogP contribution in [-0.2, 0) is 5.41 Å². The van der Waals surface area contributed by atoms with Crippen molar-refractivity contribution in [3.05, 3.63) is 239 Å². The Morgan fingerprint density at radius 1 is 0.333 bits per heavy atom. The molecule has 0 saturated heterocycles. The first kappa shape index (κ1) is 38.5. The molecule has 3 aliphatic rings. The molecule has 326 valence electrons. The Hall–Kier alpha value is -8.60. The zero-order chi connectivity index (χ0) is 45.9. The first-order chi connectivity index (χ1) is 33.9. The Morgan fingerprint density at radius 2 is 0.841 bits per heavy atom. The molecule has 0 saturated carbocycles. The van der Waals surface area contributed by atoms with Gasteiger partial charge in [0, 0.05) is 49.8 Å². The molecule has 1 unspecified atom stereocenters. The van der Waals surface area contributed by atoms with Crippen LogP contribution in [0.25, 0.3) is 77.3 Å². The quantitative estimate of drug-likeness (QED) is 0.173. The summed E-state index contributed by atoms with van der Waals surface area (Å²) in [6, 6.07) is 72.3. The lowest BCUT2D eigenvalue weighted by atomic mass is 9.64. The van der Waals surface area contributed by atoms with Gasteiger partial charge in [0.2, 0.25) is 0 Å². The number of aryl methyl sites for hydroxylation is 4. The summed E-state index contributed by atoms with van der Waals surface area (Å²) in [4.78, 5) is 5.02. The van der Waals surface area contributed by atoms with Crippen LogP contribution in [0.3, 0.4) is 0 Å². The molecule has 1 spiro atoms. The number of benzene rings is 10. The van der Waals surface area contributed by atoms with Gasteiger partial charge < -0.3 is 18.6 Å². The first-order valence-corrected chi connectivity index (χ1v) is 24.0. The number of hydrogen-bond donors (Lipinski definition) is 0. The van der Waals surface area contributed by atoms with Gasteiger partial charge in [0.15, 0.2) is 5.58 Å². The van der Waals surface area contributed by atoms with Crippen LogP contribution in [0.1, 0.15) is 44.5 Å². The van der Waals surface area contributed by atoms with Gasteiger partial charge in [-0.15, -0.1) is 0 Å².